The van der Waals surface area contributed by atoms with Gasteiger partial charge < -0.3 is 9.84 Å². The van der Waals surface area contributed by atoms with Crippen molar-refractivity contribution in [3.05, 3.63) is 0 Å². The fourth-order valence-corrected chi connectivity index (χ4v) is 2.33. The molecular formula is C9H12O4. The first-order chi connectivity index (χ1) is 6.20. The fourth-order valence-electron chi connectivity index (χ4n) is 2.33. The van der Waals surface area contributed by atoms with E-state index < -0.39 is 17.9 Å². The van der Waals surface area contributed by atoms with E-state index in [1.165, 1.54) is 0 Å². The van der Waals surface area contributed by atoms with Crippen LogP contribution in [0.15, 0.2) is 0 Å². The molecule has 0 amide bonds. The Morgan fingerprint density at radius 2 is 2.08 bits per heavy atom. The number of hydrogen-bond acceptors (Lipinski definition) is 3. The summed E-state index contributed by atoms with van der Waals surface area (Å²) >= 11 is 0. The SMILES string of the molecule is O=C(O)C1C(=O)O[C@@H]2CCCC[C@@H]12. The molecule has 0 spiro atoms. The van der Waals surface area contributed by atoms with Crippen LogP contribution in [0.5, 0.6) is 0 Å². The maximum atomic E-state index is 11.2. The Labute approximate surface area is 75.9 Å². The van der Waals surface area contributed by atoms with E-state index >= 15 is 0 Å². The average molecular weight is 184 g/mol. The van der Waals surface area contributed by atoms with E-state index in [9.17, 15) is 9.59 Å². The van der Waals surface area contributed by atoms with E-state index in [2.05, 4.69) is 0 Å². The molecule has 0 aromatic carbocycles. The van der Waals surface area contributed by atoms with Crippen LogP contribution in [0, 0.1) is 11.8 Å². The highest BCUT2D eigenvalue weighted by Gasteiger charge is 2.49. The third kappa shape index (κ3) is 1.30. The Kier molecular flexibility index (Phi) is 1.98. The largest absolute Gasteiger partial charge is 0.481 e. The molecule has 1 unspecified atom stereocenters. The van der Waals surface area contributed by atoms with Gasteiger partial charge in [0.25, 0.3) is 0 Å². The van der Waals surface area contributed by atoms with Crippen LogP contribution in [0.25, 0.3) is 0 Å². The van der Waals surface area contributed by atoms with Crippen LogP contribution in [0.4, 0.5) is 0 Å². The molecule has 1 aliphatic carbocycles. The molecule has 3 atom stereocenters. The Morgan fingerprint density at radius 1 is 1.38 bits per heavy atom. The molecule has 0 bridgehead atoms. The molecule has 1 heterocycles. The highest BCUT2D eigenvalue weighted by Crippen LogP contribution is 2.38. The van der Waals surface area contributed by atoms with E-state index in [1.807, 2.05) is 0 Å². The van der Waals surface area contributed by atoms with Crippen molar-refractivity contribution in [3.8, 4) is 0 Å². The van der Waals surface area contributed by atoms with Crippen molar-refractivity contribution in [3.63, 3.8) is 0 Å². The zero-order valence-electron chi connectivity index (χ0n) is 7.23. The molecule has 4 nitrogen and oxygen atoms in total. The van der Waals surface area contributed by atoms with Crippen LogP contribution in [-0.4, -0.2) is 23.1 Å². The topological polar surface area (TPSA) is 63.6 Å². The summed E-state index contributed by atoms with van der Waals surface area (Å²) in [7, 11) is 0. The van der Waals surface area contributed by atoms with Gasteiger partial charge in [-0.2, -0.15) is 0 Å². The third-order valence-electron chi connectivity index (χ3n) is 2.97. The minimum Gasteiger partial charge on any atom is -0.481 e. The number of carboxylic acid groups (broad SMARTS) is 1. The van der Waals surface area contributed by atoms with E-state index in [0.717, 1.165) is 25.7 Å². The maximum absolute atomic E-state index is 11.2. The first-order valence-corrected chi connectivity index (χ1v) is 4.63. The summed E-state index contributed by atoms with van der Waals surface area (Å²) in [5.74, 6) is -2.53. The first-order valence-electron chi connectivity index (χ1n) is 4.63. The molecule has 1 saturated carbocycles. The van der Waals surface area contributed by atoms with Crippen molar-refractivity contribution in [2.75, 3.05) is 0 Å². The van der Waals surface area contributed by atoms with Gasteiger partial charge >= 0.3 is 11.9 Å². The van der Waals surface area contributed by atoms with Crippen LogP contribution in [0.2, 0.25) is 0 Å². The van der Waals surface area contributed by atoms with Gasteiger partial charge in [-0.1, -0.05) is 6.42 Å². The molecule has 0 radical (unpaired) electrons. The molecule has 72 valence electrons. The number of aliphatic carboxylic acids is 1. The van der Waals surface area contributed by atoms with Crippen LogP contribution in [0.3, 0.4) is 0 Å². The number of esters is 1. The second-order valence-corrected chi connectivity index (χ2v) is 3.74. The molecule has 0 aromatic heterocycles. The predicted molar refractivity (Wildman–Crippen MR) is 43.0 cm³/mol. The fraction of sp³-hybridized carbons (Fsp3) is 0.778. The Hall–Kier alpha value is -1.06. The minimum atomic E-state index is -1.03. The van der Waals surface area contributed by atoms with Gasteiger partial charge in [0.15, 0.2) is 5.92 Å². The Bertz CT molecular complexity index is 248. The maximum Gasteiger partial charge on any atom is 0.321 e. The number of ether oxygens (including phenoxy) is 1. The van der Waals surface area contributed by atoms with E-state index in [0.29, 0.717) is 0 Å². The molecule has 4 heteroatoms. The highest BCUT2D eigenvalue weighted by molar-refractivity contribution is 5.95. The van der Waals surface area contributed by atoms with Gasteiger partial charge in [-0.15, -0.1) is 0 Å². The monoisotopic (exact) mass is 184 g/mol. The van der Waals surface area contributed by atoms with Gasteiger partial charge in [0, 0.05) is 5.92 Å². The van der Waals surface area contributed by atoms with Crippen molar-refractivity contribution in [1.82, 2.24) is 0 Å². The third-order valence-corrected chi connectivity index (χ3v) is 2.97. The van der Waals surface area contributed by atoms with Crippen molar-refractivity contribution in [2.24, 2.45) is 11.8 Å². The highest BCUT2D eigenvalue weighted by atomic mass is 16.6. The summed E-state index contributed by atoms with van der Waals surface area (Å²) in [6.45, 7) is 0. The van der Waals surface area contributed by atoms with Gasteiger partial charge in [-0.3, -0.25) is 9.59 Å². The second kappa shape index (κ2) is 3.01. The quantitative estimate of drug-likeness (QED) is 0.483. The first kappa shape index (κ1) is 8.53. The second-order valence-electron chi connectivity index (χ2n) is 3.74. The summed E-state index contributed by atoms with van der Waals surface area (Å²) in [4.78, 5) is 21.9. The predicted octanol–water partition coefficient (Wildman–Crippen LogP) is 0.803. The van der Waals surface area contributed by atoms with Crippen LogP contribution in [-0.2, 0) is 14.3 Å². The van der Waals surface area contributed by atoms with E-state index in [1.54, 1.807) is 0 Å². The summed E-state index contributed by atoms with van der Waals surface area (Å²) in [6, 6.07) is 0. The smallest absolute Gasteiger partial charge is 0.321 e. The lowest BCUT2D eigenvalue weighted by molar-refractivity contribution is -0.153. The Morgan fingerprint density at radius 3 is 2.77 bits per heavy atom. The zero-order chi connectivity index (χ0) is 9.42. The summed E-state index contributed by atoms with van der Waals surface area (Å²) < 4.78 is 5.02. The number of carbonyl (C=O) groups is 2. The van der Waals surface area contributed by atoms with Crippen molar-refractivity contribution >= 4 is 11.9 Å². The molecule has 13 heavy (non-hydrogen) atoms. The van der Waals surface area contributed by atoms with Crippen LogP contribution < -0.4 is 0 Å². The van der Waals surface area contributed by atoms with E-state index in [4.69, 9.17) is 9.84 Å². The zero-order valence-corrected chi connectivity index (χ0v) is 7.23. The molecule has 0 aromatic rings. The summed E-state index contributed by atoms with van der Waals surface area (Å²) in [5, 5.41) is 8.82. The lowest BCUT2D eigenvalue weighted by Gasteiger charge is -2.23. The summed E-state index contributed by atoms with van der Waals surface area (Å²) in [6.07, 6.45) is 3.58. The van der Waals surface area contributed by atoms with Gasteiger partial charge in [0.2, 0.25) is 0 Å². The van der Waals surface area contributed by atoms with Gasteiger partial charge in [-0.25, -0.2) is 0 Å². The average Bonchev–Trinajstić information content (AvgIpc) is 2.39. The Balaban J connectivity index is 2.18. The molecule has 2 aliphatic rings. The molecule has 2 rings (SSSR count). The van der Waals surface area contributed by atoms with Crippen molar-refractivity contribution in [1.29, 1.82) is 0 Å². The molecule has 1 aliphatic heterocycles. The van der Waals surface area contributed by atoms with Crippen LogP contribution in [0.1, 0.15) is 25.7 Å². The van der Waals surface area contributed by atoms with Crippen molar-refractivity contribution < 1.29 is 19.4 Å². The lowest BCUT2D eigenvalue weighted by atomic mass is 9.80. The standard InChI is InChI=1S/C9H12O4/c10-8(11)7-5-3-1-2-4-6(5)13-9(7)12/h5-7H,1-4H2,(H,10,11)/t5-,6-,7?/m1/s1. The molecule has 2 fully saturated rings. The number of rotatable bonds is 1. The van der Waals surface area contributed by atoms with Gasteiger partial charge in [0.1, 0.15) is 6.10 Å². The lowest BCUT2D eigenvalue weighted by Crippen LogP contribution is -2.29. The van der Waals surface area contributed by atoms with Gasteiger partial charge in [-0.05, 0) is 19.3 Å². The molecule has 1 saturated heterocycles. The molecule has 1 N–H and O–H groups in total. The minimum absolute atomic E-state index is 0.0706. The summed E-state index contributed by atoms with van der Waals surface area (Å²) in [5.41, 5.74) is 0. The van der Waals surface area contributed by atoms with Crippen molar-refractivity contribution in [2.45, 2.75) is 31.8 Å². The van der Waals surface area contributed by atoms with Gasteiger partial charge in [0.05, 0.1) is 0 Å². The van der Waals surface area contributed by atoms with Crippen LogP contribution >= 0.6 is 0 Å². The normalized spacial score (nSPS) is 38.2. The molecular weight excluding hydrogens is 172 g/mol. The van der Waals surface area contributed by atoms with E-state index in [-0.39, 0.29) is 12.0 Å². The number of fused-ring (bicyclic) bond motifs is 1. The number of carbonyl (C=O) groups excluding carboxylic acids is 1. The number of carboxylic acids is 1. The number of hydrogen-bond donors (Lipinski definition) is 1.